The number of hydrogen-bond donors (Lipinski definition) is 1. The van der Waals surface area contributed by atoms with Crippen molar-refractivity contribution in [3.8, 4) is 17.1 Å². The van der Waals surface area contributed by atoms with Gasteiger partial charge in [0, 0.05) is 18.1 Å². The molecule has 1 N–H and O–H groups in total. The maximum absolute atomic E-state index is 12.5. The molecule has 0 bridgehead atoms. The van der Waals surface area contributed by atoms with E-state index in [2.05, 4.69) is 15.2 Å². The third kappa shape index (κ3) is 5.42. The quantitative estimate of drug-likeness (QED) is 0.524. The largest absolute Gasteiger partial charge is 0.496 e. The number of piperidine rings is 1. The smallest absolute Gasteiger partial charge is 0.309 e. The lowest BCUT2D eigenvalue weighted by molar-refractivity contribution is -0.151. The number of thioether (sulfide) groups is 1. The van der Waals surface area contributed by atoms with Crippen molar-refractivity contribution in [2.24, 2.45) is 5.92 Å². The summed E-state index contributed by atoms with van der Waals surface area (Å²) < 4.78 is 10.4. The first-order chi connectivity index (χ1) is 14.0. The number of rotatable bonds is 7. The molecular weight excluding hydrogens is 416 g/mol. The van der Waals surface area contributed by atoms with Crippen molar-refractivity contribution in [3.05, 3.63) is 23.2 Å². The SMILES string of the molecule is CCOC(=O)C1CCN(C(=O)CSc2n[nH]c(-c3cc(Cl)ccc3OC)n2)CC1. The number of benzene rings is 1. The molecule has 2 aromatic rings. The number of aromatic nitrogens is 3. The van der Waals surface area contributed by atoms with Crippen LogP contribution in [0.25, 0.3) is 11.4 Å². The summed E-state index contributed by atoms with van der Waals surface area (Å²) in [6.45, 7) is 3.29. The van der Waals surface area contributed by atoms with Crippen LogP contribution in [0.4, 0.5) is 0 Å². The van der Waals surface area contributed by atoms with E-state index in [1.165, 1.54) is 11.8 Å². The minimum atomic E-state index is -0.168. The van der Waals surface area contributed by atoms with Crippen molar-refractivity contribution in [1.82, 2.24) is 20.1 Å². The molecule has 29 heavy (non-hydrogen) atoms. The molecule has 2 heterocycles. The molecule has 1 aliphatic heterocycles. The van der Waals surface area contributed by atoms with E-state index in [1.807, 2.05) is 0 Å². The van der Waals surface area contributed by atoms with Crippen molar-refractivity contribution < 1.29 is 19.1 Å². The number of methoxy groups -OCH3 is 1. The van der Waals surface area contributed by atoms with E-state index in [0.717, 1.165) is 0 Å². The van der Waals surface area contributed by atoms with Crippen LogP contribution in [0.5, 0.6) is 5.75 Å². The number of amides is 1. The number of hydrogen-bond acceptors (Lipinski definition) is 7. The minimum Gasteiger partial charge on any atom is -0.496 e. The fourth-order valence-electron chi connectivity index (χ4n) is 3.14. The van der Waals surface area contributed by atoms with E-state index >= 15 is 0 Å². The predicted molar refractivity (Wildman–Crippen MR) is 110 cm³/mol. The molecule has 0 spiro atoms. The number of carbonyl (C=O) groups is 2. The highest BCUT2D eigenvalue weighted by Crippen LogP contribution is 2.31. The monoisotopic (exact) mass is 438 g/mol. The number of nitrogens with one attached hydrogen (secondary N) is 1. The van der Waals surface area contributed by atoms with Gasteiger partial charge in [-0.05, 0) is 38.0 Å². The molecule has 1 saturated heterocycles. The lowest BCUT2D eigenvalue weighted by Gasteiger charge is -2.30. The van der Waals surface area contributed by atoms with Crippen LogP contribution in [-0.2, 0) is 14.3 Å². The summed E-state index contributed by atoms with van der Waals surface area (Å²) in [7, 11) is 1.57. The normalized spacial score (nSPS) is 14.7. The Balaban J connectivity index is 1.53. The summed E-state index contributed by atoms with van der Waals surface area (Å²) in [6, 6.07) is 5.24. The number of likely N-dealkylation sites (tertiary alicyclic amines) is 1. The van der Waals surface area contributed by atoms with Gasteiger partial charge in [0.15, 0.2) is 5.82 Å². The highest BCUT2D eigenvalue weighted by molar-refractivity contribution is 7.99. The zero-order valence-electron chi connectivity index (χ0n) is 16.3. The second-order valence-electron chi connectivity index (χ2n) is 6.51. The topological polar surface area (TPSA) is 97.4 Å². The maximum Gasteiger partial charge on any atom is 0.309 e. The molecule has 3 rings (SSSR count). The first-order valence-corrected chi connectivity index (χ1v) is 10.7. The van der Waals surface area contributed by atoms with Crippen LogP contribution >= 0.6 is 23.4 Å². The molecule has 156 valence electrons. The molecule has 0 atom stereocenters. The number of nitrogens with zero attached hydrogens (tertiary/aromatic N) is 3. The van der Waals surface area contributed by atoms with E-state index < -0.39 is 0 Å². The average Bonchev–Trinajstić information content (AvgIpc) is 3.21. The van der Waals surface area contributed by atoms with E-state index in [1.54, 1.807) is 37.1 Å². The third-order valence-corrected chi connectivity index (χ3v) is 5.74. The summed E-state index contributed by atoms with van der Waals surface area (Å²) in [5, 5.41) is 8.06. The Kier molecular flexibility index (Phi) is 7.38. The lowest BCUT2D eigenvalue weighted by Crippen LogP contribution is -2.41. The Morgan fingerprint density at radius 2 is 2.10 bits per heavy atom. The predicted octanol–water partition coefficient (Wildman–Crippen LogP) is 3.03. The summed E-state index contributed by atoms with van der Waals surface area (Å²) in [5.74, 6) is 1.10. The zero-order valence-corrected chi connectivity index (χ0v) is 17.9. The van der Waals surface area contributed by atoms with Gasteiger partial charge in [-0.25, -0.2) is 4.98 Å². The summed E-state index contributed by atoms with van der Waals surface area (Å²) in [4.78, 5) is 30.5. The molecule has 1 fully saturated rings. The Labute approximate surface area is 178 Å². The van der Waals surface area contributed by atoms with Gasteiger partial charge in [-0.15, -0.1) is 5.10 Å². The summed E-state index contributed by atoms with van der Waals surface area (Å²) in [6.07, 6.45) is 1.27. The highest BCUT2D eigenvalue weighted by atomic mass is 35.5. The molecule has 0 aliphatic carbocycles. The van der Waals surface area contributed by atoms with Crippen LogP contribution in [0.2, 0.25) is 5.02 Å². The fourth-order valence-corrected chi connectivity index (χ4v) is 4.01. The van der Waals surface area contributed by atoms with Gasteiger partial charge in [0.25, 0.3) is 0 Å². The van der Waals surface area contributed by atoms with Crippen molar-refractivity contribution in [1.29, 1.82) is 0 Å². The fraction of sp³-hybridized carbons (Fsp3) is 0.474. The van der Waals surface area contributed by atoms with Gasteiger partial charge >= 0.3 is 5.97 Å². The van der Waals surface area contributed by atoms with E-state index in [4.69, 9.17) is 21.1 Å². The number of carbonyl (C=O) groups excluding carboxylic acids is 2. The number of esters is 1. The van der Waals surface area contributed by atoms with Gasteiger partial charge in [0.05, 0.1) is 31.0 Å². The van der Waals surface area contributed by atoms with Crippen LogP contribution in [0.1, 0.15) is 19.8 Å². The molecule has 1 amide bonds. The Morgan fingerprint density at radius 3 is 2.79 bits per heavy atom. The molecule has 1 aromatic heterocycles. The van der Waals surface area contributed by atoms with Crippen LogP contribution in [-0.4, -0.2) is 64.5 Å². The van der Waals surface area contributed by atoms with E-state index in [-0.39, 0.29) is 23.5 Å². The van der Waals surface area contributed by atoms with Gasteiger partial charge in [-0.2, -0.15) is 0 Å². The van der Waals surface area contributed by atoms with Gasteiger partial charge in [-0.3, -0.25) is 14.7 Å². The molecule has 8 nitrogen and oxygen atoms in total. The molecular formula is C19H23ClN4O4S. The van der Waals surface area contributed by atoms with E-state index in [9.17, 15) is 9.59 Å². The van der Waals surface area contributed by atoms with Crippen molar-refractivity contribution in [2.45, 2.75) is 24.9 Å². The number of ether oxygens (including phenoxy) is 2. The van der Waals surface area contributed by atoms with Gasteiger partial charge < -0.3 is 14.4 Å². The van der Waals surface area contributed by atoms with Crippen molar-refractivity contribution >= 4 is 35.2 Å². The Bertz CT molecular complexity index is 868. The molecule has 0 unspecified atom stereocenters. The second-order valence-corrected chi connectivity index (χ2v) is 7.89. The molecule has 1 aliphatic rings. The van der Waals surface area contributed by atoms with Gasteiger partial charge in [-0.1, -0.05) is 23.4 Å². The number of aromatic amines is 1. The molecule has 0 saturated carbocycles. The Morgan fingerprint density at radius 1 is 1.34 bits per heavy atom. The number of H-pyrrole nitrogens is 1. The first-order valence-electron chi connectivity index (χ1n) is 9.35. The van der Waals surface area contributed by atoms with Crippen molar-refractivity contribution in [3.63, 3.8) is 0 Å². The maximum atomic E-state index is 12.5. The van der Waals surface area contributed by atoms with Crippen LogP contribution in [0.15, 0.2) is 23.4 Å². The summed E-state index contributed by atoms with van der Waals surface area (Å²) in [5.41, 5.74) is 0.701. The average molecular weight is 439 g/mol. The molecule has 0 radical (unpaired) electrons. The number of halogens is 1. The van der Waals surface area contributed by atoms with Crippen LogP contribution in [0, 0.1) is 5.92 Å². The minimum absolute atomic E-state index is 0.00370. The van der Waals surface area contributed by atoms with Gasteiger partial charge in [0.2, 0.25) is 11.1 Å². The zero-order chi connectivity index (χ0) is 20.8. The summed E-state index contributed by atoms with van der Waals surface area (Å²) >= 11 is 7.33. The van der Waals surface area contributed by atoms with Crippen LogP contribution < -0.4 is 4.74 Å². The first kappa shape index (κ1) is 21.4. The van der Waals surface area contributed by atoms with Crippen molar-refractivity contribution in [2.75, 3.05) is 32.6 Å². The molecule has 10 heteroatoms. The third-order valence-electron chi connectivity index (χ3n) is 4.67. The highest BCUT2D eigenvalue weighted by Gasteiger charge is 2.28. The Hall–Kier alpha value is -2.26. The van der Waals surface area contributed by atoms with E-state index in [0.29, 0.717) is 59.9 Å². The molecule has 1 aromatic carbocycles. The lowest BCUT2D eigenvalue weighted by atomic mass is 9.97. The second kappa shape index (κ2) is 9.98. The van der Waals surface area contributed by atoms with Crippen LogP contribution in [0.3, 0.4) is 0 Å². The van der Waals surface area contributed by atoms with Gasteiger partial charge in [0.1, 0.15) is 5.75 Å². The standard InChI is InChI=1S/C19H23ClN4O4S/c1-3-28-18(26)12-6-8-24(9-7-12)16(25)11-29-19-21-17(22-23-19)14-10-13(20)4-5-15(14)27-2/h4-5,10,12H,3,6-9,11H2,1-2H3,(H,21,22,23).